The highest BCUT2D eigenvalue weighted by atomic mass is 16.5. The summed E-state index contributed by atoms with van der Waals surface area (Å²) >= 11 is 0. The maximum Gasteiger partial charge on any atom is 0.121 e. The molecule has 0 aliphatic carbocycles. The van der Waals surface area contributed by atoms with Gasteiger partial charge in [-0.3, -0.25) is 4.90 Å². The normalized spacial score (nSPS) is 16.9. The summed E-state index contributed by atoms with van der Waals surface area (Å²) in [4.78, 5) is 4.85. The second-order valence-electron chi connectivity index (χ2n) is 4.77. The molecule has 0 aromatic heterocycles. The third-order valence-corrected chi connectivity index (χ3v) is 3.56. The summed E-state index contributed by atoms with van der Waals surface area (Å²) in [5.74, 6) is 0.959. The molecule has 1 fully saturated rings. The van der Waals surface area contributed by atoms with Gasteiger partial charge in [-0.15, -0.1) is 0 Å². The number of anilines is 1. The predicted octanol–water partition coefficient (Wildman–Crippen LogP) is 1.08. The number of methoxy groups -OCH3 is 1. The molecular formula is C14H23N3O. The zero-order valence-electron chi connectivity index (χ0n) is 11.4. The summed E-state index contributed by atoms with van der Waals surface area (Å²) in [6, 6.07) is 6.40. The lowest BCUT2D eigenvalue weighted by Crippen LogP contribution is -2.47. The van der Waals surface area contributed by atoms with E-state index in [9.17, 15) is 0 Å². The Balaban J connectivity index is 1.99. The number of hydrogen-bond acceptors (Lipinski definition) is 4. The van der Waals surface area contributed by atoms with Crippen LogP contribution in [0.1, 0.15) is 5.56 Å². The Labute approximate surface area is 109 Å². The van der Waals surface area contributed by atoms with E-state index in [4.69, 9.17) is 10.5 Å². The topological polar surface area (TPSA) is 41.7 Å². The molecule has 1 aromatic rings. The summed E-state index contributed by atoms with van der Waals surface area (Å²) in [6.45, 7) is 8.20. The van der Waals surface area contributed by atoms with E-state index in [2.05, 4.69) is 34.9 Å². The van der Waals surface area contributed by atoms with Crippen LogP contribution < -0.4 is 15.4 Å². The SMILES string of the molecule is COc1ccc(N2CCN(CCN)CC2)cc1C. The summed E-state index contributed by atoms with van der Waals surface area (Å²) in [5, 5.41) is 0. The van der Waals surface area contributed by atoms with E-state index < -0.39 is 0 Å². The summed E-state index contributed by atoms with van der Waals surface area (Å²) in [7, 11) is 1.72. The standard InChI is InChI=1S/C14H23N3O/c1-12-11-13(3-4-14(12)18-2)17-9-7-16(6-5-15)8-10-17/h3-4,11H,5-10,15H2,1-2H3. The molecule has 0 bridgehead atoms. The lowest BCUT2D eigenvalue weighted by Gasteiger charge is -2.36. The van der Waals surface area contributed by atoms with Crippen LogP contribution in [0.15, 0.2) is 18.2 Å². The molecule has 0 radical (unpaired) electrons. The molecule has 18 heavy (non-hydrogen) atoms. The summed E-state index contributed by atoms with van der Waals surface area (Å²) in [6.07, 6.45) is 0. The van der Waals surface area contributed by atoms with Gasteiger partial charge in [0.2, 0.25) is 0 Å². The van der Waals surface area contributed by atoms with Gasteiger partial charge in [-0.25, -0.2) is 0 Å². The van der Waals surface area contributed by atoms with Crippen LogP contribution in [0.5, 0.6) is 5.75 Å². The van der Waals surface area contributed by atoms with Crippen LogP contribution in [0.4, 0.5) is 5.69 Å². The predicted molar refractivity (Wildman–Crippen MR) is 75.4 cm³/mol. The molecule has 0 amide bonds. The highest BCUT2D eigenvalue weighted by molar-refractivity contribution is 5.53. The van der Waals surface area contributed by atoms with Gasteiger partial charge in [0.15, 0.2) is 0 Å². The molecule has 1 aliphatic rings. The number of ether oxygens (including phenoxy) is 1. The number of nitrogens with zero attached hydrogens (tertiary/aromatic N) is 2. The van der Waals surface area contributed by atoms with E-state index in [1.165, 1.54) is 11.3 Å². The maximum atomic E-state index is 5.59. The second-order valence-corrected chi connectivity index (χ2v) is 4.77. The average molecular weight is 249 g/mol. The fourth-order valence-corrected chi connectivity index (χ4v) is 2.47. The fourth-order valence-electron chi connectivity index (χ4n) is 2.47. The first-order valence-electron chi connectivity index (χ1n) is 6.56. The first-order valence-corrected chi connectivity index (χ1v) is 6.56. The average Bonchev–Trinajstić information content (AvgIpc) is 2.40. The molecule has 0 saturated carbocycles. The van der Waals surface area contributed by atoms with Crippen LogP contribution in [0.25, 0.3) is 0 Å². The number of piperazine rings is 1. The van der Waals surface area contributed by atoms with Gasteiger partial charge >= 0.3 is 0 Å². The largest absolute Gasteiger partial charge is 0.496 e. The monoisotopic (exact) mass is 249 g/mol. The van der Waals surface area contributed by atoms with Gasteiger partial charge in [0.1, 0.15) is 5.75 Å². The summed E-state index contributed by atoms with van der Waals surface area (Å²) < 4.78 is 5.30. The molecule has 1 aliphatic heterocycles. The van der Waals surface area contributed by atoms with Crippen LogP contribution in [-0.4, -0.2) is 51.3 Å². The van der Waals surface area contributed by atoms with Crippen molar-refractivity contribution in [1.29, 1.82) is 0 Å². The zero-order valence-corrected chi connectivity index (χ0v) is 11.4. The van der Waals surface area contributed by atoms with Gasteiger partial charge in [0.05, 0.1) is 7.11 Å². The van der Waals surface area contributed by atoms with Crippen molar-refractivity contribution in [3.63, 3.8) is 0 Å². The maximum absolute atomic E-state index is 5.59. The van der Waals surface area contributed by atoms with Gasteiger partial charge in [0.25, 0.3) is 0 Å². The minimum Gasteiger partial charge on any atom is -0.496 e. The fraction of sp³-hybridized carbons (Fsp3) is 0.571. The second kappa shape index (κ2) is 6.07. The molecule has 100 valence electrons. The Morgan fingerprint density at radius 2 is 1.94 bits per heavy atom. The lowest BCUT2D eigenvalue weighted by molar-refractivity contribution is 0.265. The van der Waals surface area contributed by atoms with Crippen LogP contribution in [0.2, 0.25) is 0 Å². The van der Waals surface area contributed by atoms with E-state index in [1.807, 2.05) is 0 Å². The van der Waals surface area contributed by atoms with E-state index >= 15 is 0 Å². The minimum atomic E-state index is 0.752. The molecule has 1 aromatic carbocycles. The van der Waals surface area contributed by atoms with Crippen LogP contribution in [0.3, 0.4) is 0 Å². The lowest BCUT2D eigenvalue weighted by atomic mass is 10.1. The summed E-state index contributed by atoms with van der Waals surface area (Å²) in [5.41, 5.74) is 8.07. The van der Waals surface area contributed by atoms with E-state index in [-0.39, 0.29) is 0 Å². The molecule has 0 atom stereocenters. The van der Waals surface area contributed by atoms with E-state index in [0.717, 1.165) is 45.0 Å². The number of nitrogens with two attached hydrogens (primary N) is 1. The van der Waals surface area contributed by atoms with Gasteiger partial charge in [-0.05, 0) is 30.7 Å². The van der Waals surface area contributed by atoms with Gasteiger partial charge in [-0.1, -0.05) is 0 Å². The molecule has 2 N–H and O–H groups in total. The zero-order chi connectivity index (χ0) is 13.0. The van der Waals surface area contributed by atoms with Gasteiger partial charge < -0.3 is 15.4 Å². The van der Waals surface area contributed by atoms with E-state index in [1.54, 1.807) is 7.11 Å². The van der Waals surface area contributed by atoms with Crippen molar-refractivity contribution in [2.75, 3.05) is 51.3 Å². The first-order chi connectivity index (χ1) is 8.74. The van der Waals surface area contributed by atoms with Crippen LogP contribution in [0, 0.1) is 6.92 Å². The van der Waals surface area contributed by atoms with Crippen molar-refractivity contribution in [3.8, 4) is 5.75 Å². The molecule has 2 rings (SSSR count). The van der Waals surface area contributed by atoms with Crippen molar-refractivity contribution in [2.24, 2.45) is 5.73 Å². The number of hydrogen-bond donors (Lipinski definition) is 1. The molecule has 4 nitrogen and oxygen atoms in total. The highest BCUT2D eigenvalue weighted by Crippen LogP contribution is 2.24. The molecule has 4 heteroatoms. The van der Waals surface area contributed by atoms with Gasteiger partial charge in [0, 0.05) is 45.0 Å². The highest BCUT2D eigenvalue weighted by Gasteiger charge is 2.16. The third-order valence-electron chi connectivity index (χ3n) is 3.56. The van der Waals surface area contributed by atoms with E-state index in [0.29, 0.717) is 0 Å². The third kappa shape index (κ3) is 2.94. The Kier molecular flexibility index (Phi) is 4.44. The Bertz CT molecular complexity index is 387. The smallest absolute Gasteiger partial charge is 0.121 e. The molecule has 0 unspecified atom stereocenters. The van der Waals surface area contributed by atoms with Crippen molar-refractivity contribution in [2.45, 2.75) is 6.92 Å². The van der Waals surface area contributed by atoms with Crippen molar-refractivity contribution >= 4 is 5.69 Å². The minimum absolute atomic E-state index is 0.752. The quantitative estimate of drug-likeness (QED) is 0.867. The number of benzene rings is 1. The van der Waals surface area contributed by atoms with Crippen LogP contribution >= 0.6 is 0 Å². The first kappa shape index (κ1) is 13.2. The molecular weight excluding hydrogens is 226 g/mol. The Hall–Kier alpha value is -1.26. The number of rotatable bonds is 4. The molecule has 0 spiro atoms. The molecule has 1 heterocycles. The van der Waals surface area contributed by atoms with Crippen molar-refractivity contribution in [1.82, 2.24) is 4.90 Å². The molecule has 1 saturated heterocycles. The van der Waals surface area contributed by atoms with Crippen molar-refractivity contribution in [3.05, 3.63) is 23.8 Å². The van der Waals surface area contributed by atoms with Gasteiger partial charge in [-0.2, -0.15) is 0 Å². The Morgan fingerprint density at radius 3 is 2.50 bits per heavy atom. The number of aryl methyl sites for hydroxylation is 1. The van der Waals surface area contributed by atoms with Crippen molar-refractivity contribution < 1.29 is 4.74 Å². The Morgan fingerprint density at radius 1 is 1.22 bits per heavy atom. The van der Waals surface area contributed by atoms with Crippen LogP contribution in [-0.2, 0) is 0 Å².